The Balaban J connectivity index is -0.0000000383. The third-order valence-electron chi connectivity index (χ3n) is 0. The molecule has 0 aromatic carbocycles. The zero-order valence-electron chi connectivity index (χ0n) is 5.35. The van der Waals surface area contributed by atoms with Crippen LogP contribution in [0.3, 0.4) is 0 Å². The monoisotopic (exact) mass is 234 g/mol. The SMILES string of the molecule is O=C([O-])O.[Ca+2].[Ca+2].[O-][Si]([O-])([O-])O. The van der Waals surface area contributed by atoms with E-state index in [1.54, 1.807) is 0 Å². The molecule has 0 spiro atoms. The van der Waals surface area contributed by atoms with Crippen LogP contribution in [0.5, 0.6) is 0 Å². The summed E-state index contributed by atoms with van der Waals surface area (Å²) in [4.78, 5) is 41.5. The summed E-state index contributed by atoms with van der Waals surface area (Å²) in [6, 6.07) is 0. The van der Waals surface area contributed by atoms with Crippen molar-refractivity contribution in [3.8, 4) is 0 Å². The first-order valence-corrected chi connectivity index (χ1v) is 3.14. The maximum absolute atomic E-state index is 8.69. The molecule has 0 unspecified atom stereocenters. The molecule has 10 heteroatoms. The van der Waals surface area contributed by atoms with Crippen LogP contribution < -0.4 is 19.5 Å². The average Bonchev–Trinajstić information content (AvgIpc) is 1.19. The van der Waals surface area contributed by atoms with Gasteiger partial charge in [0.1, 0.15) is 0 Å². The molecular formula is CH2Ca2O7Si. The third kappa shape index (κ3) is 337. The first kappa shape index (κ1) is 23.0. The van der Waals surface area contributed by atoms with E-state index in [0.29, 0.717) is 0 Å². The van der Waals surface area contributed by atoms with E-state index in [4.69, 9.17) is 34.2 Å². The summed E-state index contributed by atoms with van der Waals surface area (Å²) in [5.41, 5.74) is 0. The second-order valence-corrected chi connectivity index (χ2v) is 1.84. The molecule has 0 saturated carbocycles. The largest absolute Gasteiger partial charge is 2.00 e. The number of hydrogen-bond acceptors (Lipinski definition) is 6. The first-order valence-electron chi connectivity index (χ1n) is 1.47. The fraction of sp³-hybridized carbons (Fsp3) is 0. The molecule has 7 nitrogen and oxygen atoms in total. The molecule has 0 aliphatic heterocycles. The molecule has 0 fully saturated rings. The Kier molecular flexibility index (Phi) is 24.8. The van der Waals surface area contributed by atoms with Gasteiger partial charge in [0.25, 0.3) is 0 Å². The molecule has 11 heavy (non-hydrogen) atoms. The molecule has 0 heterocycles. The van der Waals surface area contributed by atoms with Crippen molar-refractivity contribution < 1.29 is 34.2 Å². The van der Waals surface area contributed by atoms with Gasteiger partial charge in [0.05, 0.1) is 0 Å². The van der Waals surface area contributed by atoms with Crippen molar-refractivity contribution in [3.63, 3.8) is 0 Å². The molecule has 0 aliphatic rings. The minimum absolute atomic E-state index is 0. The van der Waals surface area contributed by atoms with Crippen LogP contribution >= 0.6 is 0 Å². The van der Waals surface area contributed by atoms with E-state index in [9.17, 15) is 0 Å². The van der Waals surface area contributed by atoms with Crippen molar-refractivity contribution in [2.75, 3.05) is 0 Å². The predicted octanol–water partition coefficient (Wildman–Crippen LogP) is -6.38. The number of hydrogen-bond donors (Lipinski definition) is 2. The molecule has 0 aliphatic carbocycles. The topological polar surface area (TPSA) is 150 Å². The minimum atomic E-state index is -5.36. The van der Waals surface area contributed by atoms with Gasteiger partial charge in [0.15, 0.2) is 0 Å². The summed E-state index contributed by atoms with van der Waals surface area (Å²) < 4.78 is 0. The van der Waals surface area contributed by atoms with Crippen molar-refractivity contribution in [3.05, 3.63) is 0 Å². The Bertz CT molecular complexity index is 78.9. The summed E-state index contributed by atoms with van der Waals surface area (Å²) in [5, 5.41) is 15.3. The Morgan fingerprint density at radius 3 is 1.18 bits per heavy atom. The molecule has 0 atom stereocenters. The summed E-state index contributed by atoms with van der Waals surface area (Å²) in [6.45, 7) is 0. The molecule has 0 saturated heterocycles. The average molecular weight is 234 g/mol. The van der Waals surface area contributed by atoms with Gasteiger partial charge in [0.2, 0.25) is 6.16 Å². The predicted molar refractivity (Wildman–Crippen MR) is 27.5 cm³/mol. The maximum atomic E-state index is 8.69. The van der Waals surface area contributed by atoms with Crippen molar-refractivity contribution in [1.29, 1.82) is 0 Å². The molecule has 0 radical (unpaired) electrons. The maximum Gasteiger partial charge on any atom is 2.00 e. The van der Waals surface area contributed by atoms with Gasteiger partial charge in [-0.25, -0.2) is 0 Å². The van der Waals surface area contributed by atoms with Gasteiger partial charge in [-0.15, -0.1) is 9.05 Å². The number of rotatable bonds is 0. The van der Waals surface area contributed by atoms with E-state index in [0.717, 1.165) is 0 Å². The summed E-state index contributed by atoms with van der Waals surface area (Å²) >= 11 is 0. The molecule has 2 N–H and O–H groups in total. The summed E-state index contributed by atoms with van der Waals surface area (Å²) in [5.74, 6) is 0. The Hall–Kier alpha value is 1.85. The summed E-state index contributed by atoms with van der Waals surface area (Å²) in [7, 11) is -5.36. The standard InChI is InChI=1S/CH2O3.2Ca.HO4Si/c2-1(3)4;;;1-5(2,3)4/h(H2,2,3,4);;;1H/q;2*+2;-3/p-1. The third-order valence-corrected chi connectivity index (χ3v) is 0. The normalized spacial score (nSPS) is 7.64. The van der Waals surface area contributed by atoms with Crippen LogP contribution in [0.2, 0.25) is 0 Å². The van der Waals surface area contributed by atoms with E-state index < -0.39 is 15.2 Å². The Morgan fingerprint density at radius 2 is 1.18 bits per heavy atom. The molecule has 0 aromatic heterocycles. The van der Waals surface area contributed by atoms with Crippen LogP contribution in [0.15, 0.2) is 0 Å². The van der Waals surface area contributed by atoms with Crippen LogP contribution in [0.1, 0.15) is 0 Å². The second-order valence-electron chi connectivity index (χ2n) is 0.790. The van der Waals surface area contributed by atoms with Gasteiger partial charge < -0.3 is 34.2 Å². The van der Waals surface area contributed by atoms with Crippen molar-refractivity contribution in [2.24, 2.45) is 0 Å². The smallest absolute Gasteiger partial charge is 0.861 e. The Morgan fingerprint density at radius 1 is 1.18 bits per heavy atom. The van der Waals surface area contributed by atoms with Gasteiger partial charge in [-0.2, -0.15) is 0 Å². The molecular weight excluding hydrogens is 232 g/mol. The van der Waals surface area contributed by atoms with Gasteiger partial charge >= 0.3 is 75.5 Å². The van der Waals surface area contributed by atoms with Gasteiger partial charge in [0, 0.05) is 0 Å². The number of carboxylic acid groups (broad SMARTS) is 2. The first-order chi connectivity index (χ1) is 3.73. The van der Waals surface area contributed by atoms with Crippen LogP contribution in [0.4, 0.5) is 4.79 Å². The van der Waals surface area contributed by atoms with Crippen molar-refractivity contribution in [1.82, 2.24) is 0 Å². The number of carbonyl (C=O) groups is 1. The van der Waals surface area contributed by atoms with Gasteiger partial charge in [-0.05, 0) is 0 Å². The van der Waals surface area contributed by atoms with Crippen molar-refractivity contribution in [2.45, 2.75) is 0 Å². The van der Waals surface area contributed by atoms with Crippen LogP contribution in [0.25, 0.3) is 0 Å². The van der Waals surface area contributed by atoms with Crippen LogP contribution in [-0.2, 0) is 0 Å². The zero-order chi connectivity index (χ0) is 8.08. The fourth-order valence-corrected chi connectivity index (χ4v) is 0. The van der Waals surface area contributed by atoms with E-state index in [1.807, 2.05) is 0 Å². The quantitative estimate of drug-likeness (QED) is 0.395. The second kappa shape index (κ2) is 11.8. The zero-order valence-corrected chi connectivity index (χ0v) is 10.8. The molecule has 0 amide bonds. The van der Waals surface area contributed by atoms with Crippen LogP contribution in [0, 0.1) is 0 Å². The molecule has 0 rings (SSSR count). The molecule has 56 valence electrons. The molecule has 0 bridgehead atoms. The van der Waals surface area contributed by atoms with E-state index in [-0.39, 0.29) is 75.5 Å². The van der Waals surface area contributed by atoms with E-state index in [1.165, 1.54) is 0 Å². The van der Waals surface area contributed by atoms with E-state index in [2.05, 4.69) is 0 Å². The summed E-state index contributed by atoms with van der Waals surface area (Å²) in [6.07, 6.45) is -2.08. The van der Waals surface area contributed by atoms with Crippen LogP contribution in [-0.4, -0.2) is 101 Å². The van der Waals surface area contributed by atoms with Gasteiger partial charge in [-0.3, -0.25) is 0 Å². The molecule has 0 aromatic rings. The van der Waals surface area contributed by atoms with Gasteiger partial charge in [-0.1, -0.05) is 0 Å². The minimum Gasteiger partial charge on any atom is -0.861 e. The fourth-order valence-electron chi connectivity index (χ4n) is 0. The van der Waals surface area contributed by atoms with Crippen molar-refractivity contribution >= 4 is 90.7 Å². The van der Waals surface area contributed by atoms with E-state index >= 15 is 0 Å². The Labute approximate surface area is 123 Å².